The quantitative estimate of drug-likeness (QED) is 0.815. The second-order valence-electron chi connectivity index (χ2n) is 7.09. The first-order valence-corrected chi connectivity index (χ1v) is 9.60. The molecule has 0 aliphatic carbocycles. The van der Waals surface area contributed by atoms with Crippen LogP contribution in [0.5, 0.6) is 5.75 Å². The average molecular weight is 364 g/mol. The van der Waals surface area contributed by atoms with Crippen LogP contribution in [-0.2, 0) is 9.59 Å². The van der Waals surface area contributed by atoms with Crippen LogP contribution in [0, 0.1) is 0 Å². The number of carbonyl (C=O) groups excluding carboxylic acids is 2. The lowest BCUT2D eigenvalue weighted by Crippen LogP contribution is -2.34. The zero-order valence-electron chi connectivity index (χ0n) is 15.3. The van der Waals surface area contributed by atoms with Crippen molar-refractivity contribution in [3.8, 4) is 5.75 Å². The van der Waals surface area contributed by atoms with Crippen molar-refractivity contribution >= 4 is 17.5 Å². The molecular weight excluding hydrogens is 340 g/mol. The van der Waals surface area contributed by atoms with Crippen molar-refractivity contribution in [3.63, 3.8) is 0 Å². The zero-order chi connectivity index (χ0) is 18.6. The lowest BCUT2D eigenvalue weighted by atomic mass is 10.0. The number of likely N-dealkylation sites (tertiary alicyclic amines) is 1. The number of ether oxygens (including phenoxy) is 1. The molecule has 0 spiro atoms. The van der Waals surface area contributed by atoms with E-state index in [0.717, 1.165) is 38.0 Å². The summed E-state index contributed by atoms with van der Waals surface area (Å²) in [6.07, 6.45) is 3.54. The van der Waals surface area contributed by atoms with E-state index in [9.17, 15) is 9.59 Å². The number of carbonyl (C=O) groups is 2. The van der Waals surface area contributed by atoms with Crippen LogP contribution in [0.2, 0.25) is 0 Å². The topological polar surface area (TPSA) is 49.9 Å². The first kappa shape index (κ1) is 17.6. The Morgan fingerprint density at radius 2 is 1.78 bits per heavy atom. The lowest BCUT2D eigenvalue weighted by Gasteiger charge is -2.25. The number of nitrogens with zero attached hydrogens (tertiary/aromatic N) is 2. The standard InChI is InChI=1S/C22H24N2O3/c25-21-9-5-14-23(21)18-10-12-19(13-11-18)27-16-22(26)24-15-4-8-20(24)17-6-2-1-3-7-17/h1-3,6-7,10-13,20H,4-5,8-9,14-16H2. The van der Waals surface area contributed by atoms with E-state index in [0.29, 0.717) is 12.2 Å². The Bertz CT molecular complexity index is 804. The van der Waals surface area contributed by atoms with Gasteiger partial charge in [-0.15, -0.1) is 0 Å². The predicted molar refractivity (Wildman–Crippen MR) is 104 cm³/mol. The summed E-state index contributed by atoms with van der Waals surface area (Å²) in [5.41, 5.74) is 2.07. The maximum atomic E-state index is 12.7. The van der Waals surface area contributed by atoms with Gasteiger partial charge >= 0.3 is 0 Å². The van der Waals surface area contributed by atoms with Gasteiger partial charge in [0.15, 0.2) is 6.61 Å². The third kappa shape index (κ3) is 3.82. The van der Waals surface area contributed by atoms with Crippen LogP contribution < -0.4 is 9.64 Å². The highest BCUT2D eigenvalue weighted by Gasteiger charge is 2.30. The molecule has 4 rings (SSSR count). The summed E-state index contributed by atoms with van der Waals surface area (Å²) in [4.78, 5) is 28.2. The van der Waals surface area contributed by atoms with Gasteiger partial charge in [0.05, 0.1) is 6.04 Å². The molecule has 0 radical (unpaired) electrons. The summed E-state index contributed by atoms with van der Waals surface area (Å²) >= 11 is 0. The molecule has 2 fully saturated rings. The van der Waals surface area contributed by atoms with Gasteiger partial charge < -0.3 is 14.5 Å². The third-order valence-corrected chi connectivity index (χ3v) is 5.34. The number of hydrogen-bond acceptors (Lipinski definition) is 3. The van der Waals surface area contributed by atoms with E-state index in [1.54, 1.807) is 4.90 Å². The normalized spacial score (nSPS) is 19.6. The number of anilines is 1. The highest BCUT2D eigenvalue weighted by molar-refractivity contribution is 5.95. The molecular formula is C22H24N2O3. The van der Waals surface area contributed by atoms with Gasteiger partial charge in [-0.25, -0.2) is 0 Å². The molecule has 0 saturated carbocycles. The summed E-state index contributed by atoms with van der Waals surface area (Å²) < 4.78 is 5.71. The Morgan fingerprint density at radius 1 is 1.00 bits per heavy atom. The minimum Gasteiger partial charge on any atom is -0.484 e. The predicted octanol–water partition coefficient (Wildman–Crippen LogP) is 3.56. The van der Waals surface area contributed by atoms with Crippen molar-refractivity contribution in [3.05, 3.63) is 60.2 Å². The summed E-state index contributed by atoms with van der Waals surface area (Å²) in [5, 5.41) is 0. The Balaban J connectivity index is 1.35. The van der Waals surface area contributed by atoms with Crippen molar-refractivity contribution in [2.45, 2.75) is 31.7 Å². The first-order chi connectivity index (χ1) is 13.2. The second kappa shape index (κ2) is 7.82. The molecule has 2 amide bonds. The summed E-state index contributed by atoms with van der Waals surface area (Å²) in [7, 11) is 0. The highest BCUT2D eigenvalue weighted by atomic mass is 16.5. The molecule has 0 bridgehead atoms. The zero-order valence-corrected chi connectivity index (χ0v) is 15.3. The minimum absolute atomic E-state index is 0.0140. The van der Waals surface area contributed by atoms with Gasteiger partial charge in [0, 0.05) is 25.2 Å². The molecule has 2 aromatic rings. The molecule has 5 heteroatoms. The molecule has 2 heterocycles. The number of benzene rings is 2. The molecule has 2 saturated heterocycles. The van der Waals surface area contributed by atoms with Crippen LogP contribution in [0.1, 0.15) is 37.3 Å². The van der Waals surface area contributed by atoms with Gasteiger partial charge in [0.25, 0.3) is 5.91 Å². The van der Waals surface area contributed by atoms with Crippen molar-refractivity contribution in [2.75, 3.05) is 24.6 Å². The summed E-state index contributed by atoms with van der Waals surface area (Å²) in [6.45, 7) is 1.58. The molecule has 1 unspecified atom stereocenters. The Morgan fingerprint density at radius 3 is 2.48 bits per heavy atom. The molecule has 0 N–H and O–H groups in total. The number of amides is 2. The Kier molecular flexibility index (Phi) is 5.10. The molecule has 2 aliphatic heterocycles. The fourth-order valence-corrected chi connectivity index (χ4v) is 3.96. The fraction of sp³-hybridized carbons (Fsp3) is 0.364. The smallest absolute Gasteiger partial charge is 0.261 e. The monoisotopic (exact) mass is 364 g/mol. The van der Waals surface area contributed by atoms with Crippen LogP contribution >= 0.6 is 0 Å². The average Bonchev–Trinajstić information content (AvgIpc) is 3.36. The van der Waals surface area contributed by atoms with E-state index >= 15 is 0 Å². The van der Waals surface area contributed by atoms with Gasteiger partial charge in [0.2, 0.25) is 5.91 Å². The van der Waals surface area contributed by atoms with Crippen LogP contribution in [0.25, 0.3) is 0 Å². The fourth-order valence-electron chi connectivity index (χ4n) is 3.96. The van der Waals surface area contributed by atoms with Gasteiger partial charge in [-0.05, 0) is 49.1 Å². The maximum Gasteiger partial charge on any atom is 0.261 e. The van der Waals surface area contributed by atoms with Gasteiger partial charge in [-0.2, -0.15) is 0 Å². The van der Waals surface area contributed by atoms with E-state index in [1.165, 1.54) is 5.56 Å². The van der Waals surface area contributed by atoms with Crippen LogP contribution in [0.3, 0.4) is 0 Å². The third-order valence-electron chi connectivity index (χ3n) is 5.34. The summed E-state index contributed by atoms with van der Waals surface area (Å²) in [5.74, 6) is 0.828. The van der Waals surface area contributed by atoms with Gasteiger partial charge in [0.1, 0.15) is 5.75 Å². The van der Waals surface area contributed by atoms with E-state index in [1.807, 2.05) is 47.4 Å². The molecule has 0 aromatic heterocycles. The SMILES string of the molecule is O=C1CCCN1c1ccc(OCC(=O)N2CCCC2c2ccccc2)cc1. The van der Waals surface area contributed by atoms with E-state index < -0.39 is 0 Å². The minimum atomic E-state index is 0.0140. The second-order valence-corrected chi connectivity index (χ2v) is 7.09. The Hall–Kier alpha value is -2.82. The van der Waals surface area contributed by atoms with Gasteiger partial charge in [-0.3, -0.25) is 9.59 Å². The van der Waals surface area contributed by atoms with Crippen molar-refractivity contribution in [1.82, 2.24) is 4.90 Å². The highest BCUT2D eigenvalue weighted by Crippen LogP contribution is 2.32. The van der Waals surface area contributed by atoms with Crippen molar-refractivity contribution < 1.29 is 14.3 Å². The van der Waals surface area contributed by atoms with Crippen LogP contribution in [-0.4, -0.2) is 36.4 Å². The first-order valence-electron chi connectivity index (χ1n) is 9.60. The molecule has 5 nitrogen and oxygen atoms in total. The Labute approximate surface area is 159 Å². The van der Waals surface area contributed by atoms with Crippen molar-refractivity contribution in [2.24, 2.45) is 0 Å². The molecule has 140 valence electrons. The van der Waals surface area contributed by atoms with E-state index in [-0.39, 0.29) is 24.5 Å². The lowest BCUT2D eigenvalue weighted by molar-refractivity contribution is -0.134. The summed E-state index contributed by atoms with van der Waals surface area (Å²) in [6, 6.07) is 17.7. The van der Waals surface area contributed by atoms with Gasteiger partial charge in [-0.1, -0.05) is 30.3 Å². The van der Waals surface area contributed by atoms with Crippen LogP contribution in [0.4, 0.5) is 5.69 Å². The van der Waals surface area contributed by atoms with E-state index in [4.69, 9.17) is 4.74 Å². The van der Waals surface area contributed by atoms with E-state index in [2.05, 4.69) is 12.1 Å². The van der Waals surface area contributed by atoms with Crippen molar-refractivity contribution in [1.29, 1.82) is 0 Å². The molecule has 1 atom stereocenters. The largest absolute Gasteiger partial charge is 0.484 e. The number of rotatable bonds is 5. The molecule has 2 aliphatic rings. The molecule has 27 heavy (non-hydrogen) atoms. The van der Waals surface area contributed by atoms with Crippen LogP contribution in [0.15, 0.2) is 54.6 Å². The molecule has 2 aromatic carbocycles. The maximum absolute atomic E-state index is 12.7. The number of hydrogen-bond donors (Lipinski definition) is 0.